The molecule has 1 atom stereocenters. The van der Waals surface area contributed by atoms with E-state index >= 15 is 0 Å². The van der Waals surface area contributed by atoms with Crippen molar-refractivity contribution in [2.45, 2.75) is 64.1 Å². The Morgan fingerprint density at radius 2 is 1.74 bits per heavy atom. The molecule has 3 rings (SSSR count). The van der Waals surface area contributed by atoms with Crippen molar-refractivity contribution in [1.82, 2.24) is 0 Å². The molecular weight excluding hydrogens is 339 g/mol. The molecule has 2 aromatic rings. The molecule has 0 aliphatic heterocycles. The second kappa shape index (κ2) is 7.02. The van der Waals surface area contributed by atoms with E-state index in [0.717, 1.165) is 24.2 Å². The lowest BCUT2D eigenvalue weighted by atomic mass is 9.62. The average Bonchev–Trinajstić information content (AvgIpc) is 2.63. The molecule has 0 radical (unpaired) electrons. The normalized spacial score (nSPS) is 18.3. The van der Waals surface area contributed by atoms with Gasteiger partial charge in [-0.15, -0.1) is 6.42 Å². The topological polar surface area (TPSA) is 29.5 Å². The highest BCUT2D eigenvalue weighted by atomic mass is 19.1. The summed E-state index contributed by atoms with van der Waals surface area (Å²) >= 11 is 0. The van der Waals surface area contributed by atoms with E-state index in [2.05, 4.69) is 33.6 Å². The van der Waals surface area contributed by atoms with Crippen LogP contribution in [0.1, 0.15) is 68.9 Å². The second-order valence-electron chi connectivity index (χ2n) is 8.69. The number of aliphatic hydroxyl groups excluding tert-OH is 1. The van der Waals surface area contributed by atoms with E-state index in [-0.39, 0.29) is 16.6 Å². The Kier molecular flexibility index (Phi) is 5.06. The largest absolute Gasteiger partial charge is 0.489 e. The van der Waals surface area contributed by atoms with Crippen molar-refractivity contribution in [3.63, 3.8) is 0 Å². The quantitative estimate of drug-likeness (QED) is 0.732. The fraction of sp³-hybridized carbons (Fsp3) is 0.417. The summed E-state index contributed by atoms with van der Waals surface area (Å²) in [7, 11) is 0. The number of hydrogen-bond donors (Lipinski definition) is 1. The van der Waals surface area contributed by atoms with Gasteiger partial charge in [0.15, 0.2) is 0 Å². The summed E-state index contributed by atoms with van der Waals surface area (Å²) in [6.45, 7) is 9.22. The van der Waals surface area contributed by atoms with Crippen LogP contribution in [-0.4, -0.2) is 5.11 Å². The number of aliphatic hydroxyl groups is 1. The van der Waals surface area contributed by atoms with Gasteiger partial charge in [-0.2, -0.15) is 0 Å². The van der Waals surface area contributed by atoms with Crippen molar-refractivity contribution in [2.75, 3.05) is 0 Å². The summed E-state index contributed by atoms with van der Waals surface area (Å²) in [5.41, 5.74) is 3.86. The van der Waals surface area contributed by atoms with E-state index < -0.39 is 6.10 Å². The van der Waals surface area contributed by atoms with Crippen LogP contribution in [0.4, 0.5) is 4.39 Å². The maximum atomic E-state index is 13.2. The maximum absolute atomic E-state index is 13.2. The van der Waals surface area contributed by atoms with Gasteiger partial charge in [0.25, 0.3) is 0 Å². The Labute approximate surface area is 161 Å². The second-order valence-corrected chi connectivity index (χ2v) is 8.69. The third kappa shape index (κ3) is 3.87. The number of halogens is 1. The molecule has 3 heteroatoms. The molecule has 142 valence electrons. The van der Waals surface area contributed by atoms with Gasteiger partial charge >= 0.3 is 0 Å². The third-order valence-electron chi connectivity index (χ3n) is 5.69. The summed E-state index contributed by atoms with van der Waals surface area (Å²) < 4.78 is 19.3. The van der Waals surface area contributed by atoms with Crippen LogP contribution in [0.5, 0.6) is 5.75 Å². The SMILES string of the molecule is C#CC(O)c1cc(OCc2ccc(F)cc2)c2c(c1)C(C)(C)CCC2(C)C. The number of rotatable bonds is 4. The Morgan fingerprint density at radius 1 is 1.11 bits per heavy atom. The zero-order valence-corrected chi connectivity index (χ0v) is 16.5. The molecule has 0 saturated heterocycles. The predicted molar refractivity (Wildman–Crippen MR) is 106 cm³/mol. The van der Waals surface area contributed by atoms with Crippen LogP contribution in [0.15, 0.2) is 36.4 Å². The minimum absolute atomic E-state index is 0.0246. The van der Waals surface area contributed by atoms with Gasteiger partial charge in [0.1, 0.15) is 24.3 Å². The Hall–Kier alpha value is -2.31. The van der Waals surface area contributed by atoms with Crippen molar-refractivity contribution in [3.8, 4) is 18.1 Å². The zero-order valence-electron chi connectivity index (χ0n) is 16.5. The number of hydrogen-bond acceptors (Lipinski definition) is 2. The van der Waals surface area contributed by atoms with Crippen molar-refractivity contribution < 1.29 is 14.2 Å². The lowest BCUT2D eigenvalue weighted by molar-refractivity contribution is 0.234. The molecule has 27 heavy (non-hydrogen) atoms. The molecule has 1 aliphatic rings. The number of terminal acetylenes is 1. The summed E-state index contributed by atoms with van der Waals surface area (Å²) in [5, 5.41) is 10.2. The highest BCUT2D eigenvalue weighted by Gasteiger charge is 2.40. The predicted octanol–water partition coefficient (Wildman–Crippen LogP) is 5.42. The highest BCUT2D eigenvalue weighted by Crippen LogP contribution is 2.50. The first-order chi connectivity index (χ1) is 12.6. The Bertz CT molecular complexity index is 872. The molecule has 1 unspecified atom stereocenters. The zero-order chi connectivity index (χ0) is 19.8. The lowest BCUT2D eigenvalue weighted by Gasteiger charge is -2.43. The van der Waals surface area contributed by atoms with E-state index in [1.165, 1.54) is 23.3 Å². The van der Waals surface area contributed by atoms with E-state index in [1.54, 1.807) is 12.1 Å². The maximum Gasteiger partial charge on any atom is 0.140 e. The molecule has 0 bridgehead atoms. The molecule has 0 spiro atoms. The number of fused-ring (bicyclic) bond motifs is 1. The molecule has 0 amide bonds. The summed E-state index contributed by atoms with van der Waals surface area (Å²) in [6.07, 6.45) is 6.59. The smallest absolute Gasteiger partial charge is 0.140 e. The van der Waals surface area contributed by atoms with Gasteiger partial charge in [0, 0.05) is 5.56 Å². The van der Waals surface area contributed by atoms with Gasteiger partial charge < -0.3 is 9.84 Å². The molecule has 2 nitrogen and oxygen atoms in total. The molecule has 0 aromatic heterocycles. The molecule has 0 heterocycles. The van der Waals surface area contributed by atoms with Crippen LogP contribution in [0.3, 0.4) is 0 Å². The van der Waals surface area contributed by atoms with E-state index in [0.29, 0.717) is 12.2 Å². The summed E-state index contributed by atoms with van der Waals surface area (Å²) in [5.74, 6) is 2.89. The molecule has 1 aliphatic carbocycles. The first-order valence-electron chi connectivity index (χ1n) is 9.34. The third-order valence-corrected chi connectivity index (χ3v) is 5.69. The van der Waals surface area contributed by atoms with Crippen molar-refractivity contribution in [2.24, 2.45) is 0 Å². The lowest BCUT2D eigenvalue weighted by Crippen LogP contribution is -2.34. The number of benzene rings is 2. The first-order valence-corrected chi connectivity index (χ1v) is 9.34. The molecule has 0 saturated carbocycles. The summed E-state index contributed by atoms with van der Waals surface area (Å²) in [4.78, 5) is 0. The Balaban J connectivity index is 2.07. The first kappa shape index (κ1) is 19.5. The average molecular weight is 366 g/mol. The minimum atomic E-state index is -0.968. The van der Waals surface area contributed by atoms with Crippen molar-refractivity contribution in [3.05, 3.63) is 64.5 Å². The molecule has 1 N–H and O–H groups in total. The van der Waals surface area contributed by atoms with Crippen LogP contribution in [0, 0.1) is 18.2 Å². The van der Waals surface area contributed by atoms with Crippen LogP contribution in [-0.2, 0) is 17.4 Å². The van der Waals surface area contributed by atoms with E-state index in [1.807, 2.05) is 12.1 Å². The van der Waals surface area contributed by atoms with Gasteiger partial charge in [-0.05, 0) is 58.6 Å². The van der Waals surface area contributed by atoms with Crippen LogP contribution >= 0.6 is 0 Å². The minimum Gasteiger partial charge on any atom is -0.489 e. The van der Waals surface area contributed by atoms with Crippen LogP contribution < -0.4 is 4.74 Å². The van der Waals surface area contributed by atoms with Gasteiger partial charge in [-0.1, -0.05) is 51.8 Å². The molecule has 2 aromatic carbocycles. The van der Waals surface area contributed by atoms with Crippen LogP contribution in [0.25, 0.3) is 0 Å². The van der Waals surface area contributed by atoms with E-state index in [4.69, 9.17) is 11.2 Å². The number of ether oxygens (including phenoxy) is 1. The van der Waals surface area contributed by atoms with Crippen LogP contribution in [0.2, 0.25) is 0 Å². The monoisotopic (exact) mass is 366 g/mol. The molecular formula is C24H27FO2. The van der Waals surface area contributed by atoms with Crippen molar-refractivity contribution in [1.29, 1.82) is 0 Å². The van der Waals surface area contributed by atoms with Crippen molar-refractivity contribution >= 4 is 0 Å². The fourth-order valence-corrected chi connectivity index (χ4v) is 3.86. The van der Waals surface area contributed by atoms with Gasteiger partial charge in [0.05, 0.1) is 0 Å². The summed E-state index contributed by atoms with van der Waals surface area (Å²) in [6, 6.07) is 10.2. The standard InChI is InChI=1S/C24H27FO2/c1-6-20(26)17-13-19-22(24(4,5)12-11-23(19,2)3)21(14-17)27-15-16-7-9-18(25)10-8-16/h1,7-10,13-14,20,26H,11-12,15H2,2-5H3. The van der Waals surface area contributed by atoms with Gasteiger partial charge in [0.2, 0.25) is 0 Å². The highest BCUT2D eigenvalue weighted by molar-refractivity contribution is 5.53. The Morgan fingerprint density at radius 3 is 2.37 bits per heavy atom. The van der Waals surface area contributed by atoms with E-state index in [9.17, 15) is 9.50 Å². The fourth-order valence-electron chi connectivity index (χ4n) is 3.86. The molecule has 0 fully saturated rings. The van der Waals surface area contributed by atoms with Gasteiger partial charge in [-0.25, -0.2) is 4.39 Å². The van der Waals surface area contributed by atoms with Gasteiger partial charge in [-0.3, -0.25) is 0 Å².